The van der Waals surface area contributed by atoms with Crippen molar-refractivity contribution in [3.8, 4) is 5.75 Å². The fraction of sp³-hybridized carbons (Fsp3) is 0.0769. The Hall–Kier alpha value is -2.17. The summed E-state index contributed by atoms with van der Waals surface area (Å²) in [6.45, 7) is 0. The molecule has 2 nitrogen and oxygen atoms in total. The van der Waals surface area contributed by atoms with Gasteiger partial charge in [-0.15, -0.1) is 0 Å². The van der Waals surface area contributed by atoms with Crippen LogP contribution in [0.1, 0.15) is 0 Å². The Balaban J connectivity index is 2.41. The topological polar surface area (TPSA) is 21.3 Å². The molecule has 0 unspecified atom stereocenters. The van der Waals surface area contributed by atoms with Gasteiger partial charge >= 0.3 is 0 Å². The standard InChI is InChI=1S/C13H10F3NO/c1-18-13-9(14)7-10(11(15)12(13)16)17-8-5-3-2-4-6-8/h2-7,17H,1H3. The average Bonchev–Trinajstić information content (AvgIpc) is 2.37. The molecule has 0 atom stereocenters. The summed E-state index contributed by atoms with van der Waals surface area (Å²) in [5.41, 5.74) is 0.248. The highest BCUT2D eigenvalue weighted by molar-refractivity contribution is 5.61. The number of halogens is 3. The van der Waals surface area contributed by atoms with E-state index in [9.17, 15) is 13.2 Å². The van der Waals surface area contributed by atoms with Gasteiger partial charge in [-0.1, -0.05) is 18.2 Å². The van der Waals surface area contributed by atoms with Gasteiger partial charge in [-0.05, 0) is 12.1 Å². The van der Waals surface area contributed by atoms with E-state index in [0.29, 0.717) is 5.69 Å². The highest BCUT2D eigenvalue weighted by Gasteiger charge is 2.19. The van der Waals surface area contributed by atoms with Gasteiger partial charge < -0.3 is 10.1 Å². The molecule has 5 heteroatoms. The van der Waals surface area contributed by atoms with E-state index in [1.807, 2.05) is 0 Å². The van der Waals surface area contributed by atoms with Crippen molar-refractivity contribution >= 4 is 11.4 Å². The molecule has 94 valence electrons. The second kappa shape index (κ2) is 5.00. The summed E-state index contributed by atoms with van der Waals surface area (Å²) in [6, 6.07) is 9.37. The molecular weight excluding hydrogens is 243 g/mol. The summed E-state index contributed by atoms with van der Waals surface area (Å²) in [5.74, 6) is -4.23. The summed E-state index contributed by atoms with van der Waals surface area (Å²) in [6.07, 6.45) is 0. The van der Waals surface area contributed by atoms with Crippen LogP contribution in [0.2, 0.25) is 0 Å². The quantitative estimate of drug-likeness (QED) is 0.839. The average molecular weight is 253 g/mol. The summed E-state index contributed by atoms with van der Waals surface area (Å²) in [5, 5.41) is 2.59. The molecule has 0 radical (unpaired) electrons. The molecule has 0 aliphatic heterocycles. The fourth-order valence-corrected chi connectivity index (χ4v) is 1.53. The minimum atomic E-state index is -1.35. The number of para-hydroxylation sites is 1. The van der Waals surface area contributed by atoms with E-state index >= 15 is 0 Å². The Morgan fingerprint density at radius 3 is 2.28 bits per heavy atom. The first kappa shape index (κ1) is 12.3. The molecule has 0 aromatic heterocycles. The molecule has 0 heterocycles. The van der Waals surface area contributed by atoms with Crippen LogP contribution in [0, 0.1) is 17.5 Å². The maximum Gasteiger partial charge on any atom is 0.205 e. The SMILES string of the molecule is COc1c(F)cc(Nc2ccccc2)c(F)c1F. The number of methoxy groups -OCH3 is 1. The minimum absolute atomic E-state index is 0.281. The van der Waals surface area contributed by atoms with Crippen LogP contribution >= 0.6 is 0 Å². The Labute approximate surface area is 102 Å². The molecule has 0 aliphatic carbocycles. The van der Waals surface area contributed by atoms with E-state index in [1.54, 1.807) is 30.3 Å². The van der Waals surface area contributed by atoms with Crippen molar-refractivity contribution in [1.29, 1.82) is 0 Å². The monoisotopic (exact) mass is 253 g/mol. The molecule has 2 aromatic carbocycles. The number of rotatable bonds is 3. The predicted octanol–water partition coefficient (Wildman–Crippen LogP) is 3.86. The van der Waals surface area contributed by atoms with E-state index in [-0.39, 0.29) is 5.69 Å². The van der Waals surface area contributed by atoms with Gasteiger partial charge in [-0.2, -0.15) is 4.39 Å². The lowest BCUT2D eigenvalue weighted by Gasteiger charge is -2.11. The maximum absolute atomic E-state index is 13.6. The molecule has 0 fully saturated rings. The Bertz CT molecular complexity index is 558. The third-order valence-electron chi connectivity index (χ3n) is 2.37. The van der Waals surface area contributed by atoms with Crippen LogP contribution in [-0.4, -0.2) is 7.11 Å². The fourth-order valence-electron chi connectivity index (χ4n) is 1.53. The smallest absolute Gasteiger partial charge is 0.205 e. The van der Waals surface area contributed by atoms with Crippen LogP contribution in [0.25, 0.3) is 0 Å². The Morgan fingerprint density at radius 1 is 1.00 bits per heavy atom. The lowest BCUT2D eigenvalue weighted by atomic mass is 10.2. The summed E-state index contributed by atoms with van der Waals surface area (Å²) in [7, 11) is 1.07. The van der Waals surface area contributed by atoms with Gasteiger partial charge in [0.2, 0.25) is 5.82 Å². The van der Waals surface area contributed by atoms with Crippen molar-refractivity contribution in [2.75, 3.05) is 12.4 Å². The largest absolute Gasteiger partial charge is 0.491 e. The molecule has 0 amide bonds. The number of ether oxygens (including phenoxy) is 1. The summed E-state index contributed by atoms with van der Waals surface area (Å²) >= 11 is 0. The number of hydrogen-bond donors (Lipinski definition) is 1. The zero-order chi connectivity index (χ0) is 13.1. The van der Waals surface area contributed by atoms with Crippen molar-refractivity contribution in [3.63, 3.8) is 0 Å². The van der Waals surface area contributed by atoms with Gasteiger partial charge in [0.25, 0.3) is 0 Å². The number of hydrogen-bond acceptors (Lipinski definition) is 2. The van der Waals surface area contributed by atoms with E-state index in [0.717, 1.165) is 13.2 Å². The van der Waals surface area contributed by atoms with Crippen molar-refractivity contribution in [2.45, 2.75) is 0 Å². The first-order valence-corrected chi connectivity index (χ1v) is 5.17. The molecule has 2 aromatic rings. The highest BCUT2D eigenvalue weighted by atomic mass is 19.2. The van der Waals surface area contributed by atoms with E-state index in [1.165, 1.54) is 0 Å². The van der Waals surface area contributed by atoms with E-state index < -0.39 is 23.2 Å². The van der Waals surface area contributed by atoms with E-state index in [2.05, 4.69) is 10.1 Å². The second-order valence-corrected chi connectivity index (χ2v) is 3.56. The molecule has 18 heavy (non-hydrogen) atoms. The zero-order valence-corrected chi connectivity index (χ0v) is 9.51. The molecule has 0 spiro atoms. The summed E-state index contributed by atoms with van der Waals surface area (Å²) < 4.78 is 44.9. The van der Waals surface area contributed by atoms with Crippen LogP contribution in [-0.2, 0) is 0 Å². The van der Waals surface area contributed by atoms with Crippen LogP contribution in [0.3, 0.4) is 0 Å². The van der Waals surface area contributed by atoms with Gasteiger partial charge in [-0.25, -0.2) is 8.78 Å². The third-order valence-corrected chi connectivity index (χ3v) is 2.37. The van der Waals surface area contributed by atoms with Crippen molar-refractivity contribution < 1.29 is 17.9 Å². The lowest BCUT2D eigenvalue weighted by Crippen LogP contribution is -2.01. The van der Waals surface area contributed by atoms with Gasteiger partial charge in [0.15, 0.2) is 17.4 Å². The predicted molar refractivity (Wildman–Crippen MR) is 62.6 cm³/mol. The van der Waals surface area contributed by atoms with Gasteiger partial charge in [0, 0.05) is 11.8 Å². The van der Waals surface area contributed by atoms with Crippen LogP contribution in [0.4, 0.5) is 24.5 Å². The molecule has 0 saturated carbocycles. The summed E-state index contributed by atoms with van der Waals surface area (Å²) in [4.78, 5) is 0. The van der Waals surface area contributed by atoms with Crippen LogP contribution in [0.15, 0.2) is 36.4 Å². The normalized spacial score (nSPS) is 10.2. The molecule has 1 N–H and O–H groups in total. The highest BCUT2D eigenvalue weighted by Crippen LogP contribution is 2.30. The maximum atomic E-state index is 13.6. The second-order valence-electron chi connectivity index (χ2n) is 3.56. The van der Waals surface area contributed by atoms with Crippen molar-refractivity contribution in [1.82, 2.24) is 0 Å². The number of anilines is 2. The molecule has 0 aliphatic rings. The zero-order valence-electron chi connectivity index (χ0n) is 9.51. The van der Waals surface area contributed by atoms with Crippen LogP contribution < -0.4 is 10.1 Å². The van der Waals surface area contributed by atoms with E-state index in [4.69, 9.17) is 0 Å². The number of nitrogens with one attached hydrogen (secondary N) is 1. The number of benzene rings is 2. The molecule has 0 saturated heterocycles. The van der Waals surface area contributed by atoms with Gasteiger partial charge in [0.05, 0.1) is 12.8 Å². The minimum Gasteiger partial charge on any atom is -0.491 e. The molecular formula is C13H10F3NO. The van der Waals surface area contributed by atoms with Crippen molar-refractivity contribution in [2.24, 2.45) is 0 Å². The first-order valence-electron chi connectivity index (χ1n) is 5.17. The van der Waals surface area contributed by atoms with Gasteiger partial charge in [-0.3, -0.25) is 0 Å². The molecule has 2 rings (SSSR count). The molecule has 0 bridgehead atoms. The van der Waals surface area contributed by atoms with Crippen LogP contribution in [0.5, 0.6) is 5.75 Å². The first-order chi connectivity index (χ1) is 8.63. The van der Waals surface area contributed by atoms with Gasteiger partial charge in [0.1, 0.15) is 0 Å². The van der Waals surface area contributed by atoms with Crippen molar-refractivity contribution in [3.05, 3.63) is 53.8 Å². The lowest BCUT2D eigenvalue weighted by molar-refractivity contribution is 0.347. The third kappa shape index (κ3) is 2.25. The Kier molecular flexibility index (Phi) is 3.41. The Morgan fingerprint density at radius 2 is 1.67 bits per heavy atom.